The van der Waals surface area contributed by atoms with Crippen LogP contribution in [-0.2, 0) is 0 Å². The summed E-state index contributed by atoms with van der Waals surface area (Å²) in [6.07, 6.45) is 0. The highest BCUT2D eigenvalue weighted by molar-refractivity contribution is 6.05. The van der Waals surface area contributed by atoms with E-state index < -0.39 is 0 Å². The van der Waals surface area contributed by atoms with E-state index in [0.717, 1.165) is 128 Å². The lowest BCUT2D eigenvalue weighted by Gasteiger charge is -2.23. The molecule has 0 amide bonds. The predicted molar refractivity (Wildman–Crippen MR) is 348 cm³/mol. The maximum atomic E-state index is 5.68. The Bertz CT molecular complexity index is 4220. The molecule has 2 heterocycles. The zero-order valence-electron chi connectivity index (χ0n) is 46.0. The molecule has 0 aliphatic carbocycles. The summed E-state index contributed by atoms with van der Waals surface area (Å²) in [5.74, 6) is 1.74. The number of hydrogen-bond acceptors (Lipinski definition) is 4. The van der Waals surface area contributed by atoms with Crippen molar-refractivity contribution in [2.75, 3.05) is 0 Å². The van der Waals surface area contributed by atoms with Gasteiger partial charge in [0, 0.05) is 44.5 Å². The van der Waals surface area contributed by atoms with Crippen LogP contribution >= 0.6 is 0 Å². The van der Waals surface area contributed by atoms with Gasteiger partial charge in [-0.3, -0.25) is 0 Å². The van der Waals surface area contributed by atoms with Crippen LogP contribution in [0.4, 0.5) is 0 Å². The van der Waals surface area contributed by atoms with E-state index in [2.05, 4.69) is 328 Å². The average Bonchev–Trinajstić information content (AvgIpc) is 2.77. The molecule has 12 aromatic carbocycles. The largest absolute Gasteiger partial charge is 0.246 e. The zero-order valence-corrected chi connectivity index (χ0v) is 46.0. The summed E-state index contributed by atoms with van der Waals surface area (Å²) < 4.78 is 0. The van der Waals surface area contributed by atoms with Gasteiger partial charge in [0.1, 0.15) is 0 Å². The molecule has 0 spiro atoms. The molecule has 0 saturated carbocycles. The number of nitrogens with zero attached hydrogens (tertiary/aromatic N) is 4. The van der Waals surface area contributed by atoms with E-state index in [1.807, 2.05) is 0 Å². The van der Waals surface area contributed by atoms with Crippen LogP contribution in [0.25, 0.3) is 146 Å². The molecule has 0 bridgehead atoms. The van der Waals surface area contributed by atoms with Crippen molar-refractivity contribution in [1.29, 1.82) is 0 Å². The summed E-state index contributed by atoms with van der Waals surface area (Å²) >= 11 is 0. The van der Waals surface area contributed by atoms with Crippen molar-refractivity contribution < 1.29 is 0 Å². The first-order valence-electron chi connectivity index (χ1n) is 28.4. The number of pyridine rings is 1. The molecule has 14 aromatic rings. The average molecular weight is 1070 g/mol. The number of aromatic nitrogens is 4. The Morgan fingerprint density at radius 3 is 0.714 bits per heavy atom. The van der Waals surface area contributed by atoms with Gasteiger partial charge in [-0.1, -0.05) is 285 Å². The quantitative estimate of drug-likeness (QED) is 0.115. The highest BCUT2D eigenvalue weighted by Gasteiger charge is 2.26. The Morgan fingerprint density at radius 1 is 0.131 bits per heavy atom. The highest BCUT2D eigenvalue weighted by atomic mass is 15.0. The van der Waals surface area contributed by atoms with E-state index in [9.17, 15) is 0 Å². The first kappa shape index (κ1) is 51.0. The van der Waals surface area contributed by atoms with E-state index in [0.29, 0.717) is 17.5 Å². The standard InChI is InChI=1S/C80H54N4/c1-9-26-55(27-10-1)67-49-68(56-28-11-2-12-29-56)52-71(51-67)79-82-78(83-80(84-79)72-53-69(57-30-13-3-14-31-57)50-70(54-72)58-32-15-4-16-33-58)64-46-44-59(45-47-64)65-42-25-43-66(48-65)73-74(60-34-17-5-18-35-60)76(62-38-21-7-22-39-62)81-77(63-40-23-8-24-41-63)75(73)61-36-19-6-20-37-61/h1-54H. The SMILES string of the molecule is c1ccc(-c2cc(-c3ccccc3)cc(-c3nc(-c4ccc(-c5cccc(-c6c(-c7ccccc7)c(-c7ccccc7)nc(-c7ccccc7)c6-c6ccccc6)c5)cc4)nc(-c4cc(-c5ccccc5)cc(-c5ccccc5)c4)n3)c2)cc1. The van der Waals surface area contributed by atoms with E-state index >= 15 is 0 Å². The fourth-order valence-corrected chi connectivity index (χ4v) is 11.4. The first-order chi connectivity index (χ1) is 41.6. The third-order valence-electron chi connectivity index (χ3n) is 15.5. The van der Waals surface area contributed by atoms with Crippen LogP contribution in [0.15, 0.2) is 328 Å². The molecule has 394 valence electrons. The summed E-state index contributed by atoms with van der Waals surface area (Å²) in [6.45, 7) is 0. The maximum absolute atomic E-state index is 5.68. The summed E-state index contributed by atoms with van der Waals surface area (Å²) in [5.41, 5.74) is 24.0. The van der Waals surface area contributed by atoms with E-state index in [1.165, 1.54) is 0 Å². The molecule has 0 fully saturated rings. The normalized spacial score (nSPS) is 11.1. The second-order valence-electron chi connectivity index (χ2n) is 20.9. The summed E-state index contributed by atoms with van der Waals surface area (Å²) in [5, 5.41) is 0. The van der Waals surface area contributed by atoms with Gasteiger partial charge in [0.05, 0.1) is 11.4 Å². The van der Waals surface area contributed by atoms with Crippen LogP contribution in [0.1, 0.15) is 0 Å². The molecular formula is C80H54N4. The van der Waals surface area contributed by atoms with Gasteiger partial charge >= 0.3 is 0 Å². The highest BCUT2D eigenvalue weighted by Crippen LogP contribution is 2.49. The lowest BCUT2D eigenvalue weighted by Crippen LogP contribution is -2.01. The monoisotopic (exact) mass is 1070 g/mol. The first-order valence-corrected chi connectivity index (χ1v) is 28.4. The third-order valence-corrected chi connectivity index (χ3v) is 15.5. The Labute approximate surface area is 490 Å². The van der Waals surface area contributed by atoms with Gasteiger partial charge in [-0.15, -0.1) is 0 Å². The molecule has 0 aliphatic heterocycles. The van der Waals surface area contributed by atoms with Crippen molar-refractivity contribution in [3.8, 4) is 146 Å². The fraction of sp³-hybridized carbons (Fsp3) is 0. The number of benzene rings is 12. The van der Waals surface area contributed by atoms with Gasteiger partial charge in [0.25, 0.3) is 0 Å². The lowest BCUT2D eigenvalue weighted by molar-refractivity contribution is 1.07. The van der Waals surface area contributed by atoms with Crippen molar-refractivity contribution >= 4 is 0 Å². The third kappa shape index (κ3) is 10.6. The molecule has 0 radical (unpaired) electrons. The zero-order chi connectivity index (χ0) is 56.0. The predicted octanol–water partition coefficient (Wildman–Crippen LogP) is 20.9. The topological polar surface area (TPSA) is 51.6 Å². The van der Waals surface area contributed by atoms with Gasteiger partial charge in [-0.25, -0.2) is 19.9 Å². The second kappa shape index (κ2) is 23.1. The molecule has 0 N–H and O–H groups in total. The van der Waals surface area contributed by atoms with Crippen molar-refractivity contribution in [3.63, 3.8) is 0 Å². The fourth-order valence-electron chi connectivity index (χ4n) is 11.4. The molecule has 0 saturated heterocycles. The Morgan fingerprint density at radius 2 is 0.369 bits per heavy atom. The van der Waals surface area contributed by atoms with Crippen LogP contribution in [0, 0.1) is 0 Å². The van der Waals surface area contributed by atoms with E-state index in [1.54, 1.807) is 0 Å². The molecule has 0 unspecified atom stereocenters. The van der Waals surface area contributed by atoms with Crippen LogP contribution in [0.3, 0.4) is 0 Å². The Balaban J connectivity index is 0.944. The van der Waals surface area contributed by atoms with Crippen molar-refractivity contribution in [1.82, 2.24) is 19.9 Å². The van der Waals surface area contributed by atoms with Crippen molar-refractivity contribution in [2.24, 2.45) is 0 Å². The van der Waals surface area contributed by atoms with Gasteiger partial charge in [-0.05, 0) is 115 Å². The lowest BCUT2D eigenvalue weighted by atomic mass is 9.83. The van der Waals surface area contributed by atoms with Crippen LogP contribution in [0.5, 0.6) is 0 Å². The summed E-state index contributed by atoms with van der Waals surface area (Å²) in [7, 11) is 0. The smallest absolute Gasteiger partial charge is 0.164 e. The minimum Gasteiger partial charge on any atom is -0.246 e. The van der Waals surface area contributed by atoms with Crippen LogP contribution in [-0.4, -0.2) is 19.9 Å². The molecule has 4 nitrogen and oxygen atoms in total. The summed E-state index contributed by atoms with van der Waals surface area (Å²) in [4.78, 5) is 21.9. The Hall–Kier alpha value is -11.2. The Kier molecular flexibility index (Phi) is 14.0. The minimum atomic E-state index is 0.576. The number of rotatable bonds is 13. The molecule has 84 heavy (non-hydrogen) atoms. The molecule has 0 atom stereocenters. The molecule has 4 heteroatoms. The van der Waals surface area contributed by atoms with Gasteiger partial charge < -0.3 is 0 Å². The molecular weight excluding hydrogens is 1020 g/mol. The van der Waals surface area contributed by atoms with Crippen molar-refractivity contribution in [3.05, 3.63) is 328 Å². The van der Waals surface area contributed by atoms with Crippen LogP contribution in [0.2, 0.25) is 0 Å². The van der Waals surface area contributed by atoms with E-state index in [-0.39, 0.29) is 0 Å². The maximum Gasteiger partial charge on any atom is 0.164 e. The minimum absolute atomic E-state index is 0.576. The van der Waals surface area contributed by atoms with Crippen molar-refractivity contribution in [2.45, 2.75) is 0 Å². The summed E-state index contributed by atoms with van der Waals surface area (Å²) in [6, 6.07) is 116. The second-order valence-corrected chi connectivity index (χ2v) is 20.9. The molecule has 0 aliphatic rings. The van der Waals surface area contributed by atoms with Gasteiger partial charge in [0.15, 0.2) is 17.5 Å². The van der Waals surface area contributed by atoms with Crippen LogP contribution < -0.4 is 0 Å². The van der Waals surface area contributed by atoms with Gasteiger partial charge in [-0.2, -0.15) is 0 Å². The molecule has 14 rings (SSSR count). The van der Waals surface area contributed by atoms with E-state index in [4.69, 9.17) is 19.9 Å². The number of hydrogen-bond donors (Lipinski definition) is 0. The molecule has 2 aromatic heterocycles. The van der Waals surface area contributed by atoms with Gasteiger partial charge in [0.2, 0.25) is 0 Å².